The van der Waals surface area contributed by atoms with Crippen LogP contribution in [0, 0.1) is 24.0 Å². The number of benzene rings is 2. The Morgan fingerprint density at radius 2 is 1.94 bits per heavy atom. The fourth-order valence-corrected chi connectivity index (χ4v) is 3.92. The van der Waals surface area contributed by atoms with Crippen LogP contribution in [0.15, 0.2) is 60.0 Å². The Labute approximate surface area is 181 Å². The molecule has 4 aromatic rings. The van der Waals surface area contributed by atoms with Gasteiger partial charge in [-0.25, -0.2) is 14.6 Å². The van der Waals surface area contributed by atoms with E-state index in [4.69, 9.17) is 0 Å². The first kappa shape index (κ1) is 20.5. The average molecular weight is 434 g/mol. The van der Waals surface area contributed by atoms with E-state index in [-0.39, 0.29) is 17.3 Å². The van der Waals surface area contributed by atoms with Crippen molar-refractivity contribution in [2.45, 2.75) is 18.9 Å². The minimum absolute atomic E-state index is 0.0309. The molecule has 0 aliphatic carbocycles. The van der Waals surface area contributed by atoms with Gasteiger partial charge in [-0.1, -0.05) is 29.5 Å². The van der Waals surface area contributed by atoms with Gasteiger partial charge in [-0.15, -0.1) is 0 Å². The number of nitrogens with zero attached hydrogens (tertiary/aromatic N) is 5. The first-order valence-electron chi connectivity index (χ1n) is 9.36. The van der Waals surface area contributed by atoms with Gasteiger partial charge in [0.1, 0.15) is 11.4 Å². The molecule has 9 nitrogen and oxygen atoms in total. The van der Waals surface area contributed by atoms with Gasteiger partial charge in [-0.2, -0.15) is 5.10 Å². The number of carbonyl (C=O) groups is 1. The molecule has 10 heteroatoms. The van der Waals surface area contributed by atoms with E-state index in [1.807, 2.05) is 26.0 Å². The molecule has 31 heavy (non-hydrogen) atoms. The van der Waals surface area contributed by atoms with E-state index < -0.39 is 4.92 Å². The summed E-state index contributed by atoms with van der Waals surface area (Å²) in [6.07, 6.45) is 3.16. The van der Waals surface area contributed by atoms with Crippen molar-refractivity contribution in [1.82, 2.24) is 19.7 Å². The lowest BCUT2D eigenvalue weighted by Crippen LogP contribution is -2.14. The predicted octanol–water partition coefficient (Wildman–Crippen LogP) is 4.07. The van der Waals surface area contributed by atoms with E-state index in [1.165, 1.54) is 47.9 Å². The lowest BCUT2D eigenvalue weighted by molar-refractivity contribution is -0.384. The molecule has 0 atom stereocenters. The van der Waals surface area contributed by atoms with Gasteiger partial charge in [0.25, 0.3) is 5.69 Å². The van der Waals surface area contributed by atoms with Crippen LogP contribution in [0.25, 0.3) is 16.7 Å². The molecule has 0 saturated carbocycles. The average Bonchev–Trinajstić information content (AvgIpc) is 3.17. The number of hydrogen-bond donors (Lipinski definition) is 1. The van der Waals surface area contributed by atoms with Gasteiger partial charge in [-0.05, 0) is 37.6 Å². The van der Waals surface area contributed by atoms with Crippen molar-refractivity contribution in [2.24, 2.45) is 0 Å². The minimum Gasteiger partial charge on any atom is -0.325 e. The standard InChI is InChI=1S/C21H18N6O3S/c1-13-3-8-18(14(2)9-13)26-20-17(10-24-26)21(23-12-22-20)31-11-19(28)25-15-4-6-16(7-5-15)27(29)30/h3-10,12H,11H2,1-2H3,(H,25,28). The van der Waals surface area contributed by atoms with Crippen LogP contribution in [0.5, 0.6) is 0 Å². The second kappa shape index (κ2) is 8.52. The first-order chi connectivity index (χ1) is 14.9. The summed E-state index contributed by atoms with van der Waals surface area (Å²) in [5.74, 6) is -0.120. The Kier molecular flexibility index (Phi) is 5.63. The van der Waals surface area contributed by atoms with Crippen LogP contribution in [0.2, 0.25) is 0 Å². The van der Waals surface area contributed by atoms with Crippen molar-refractivity contribution in [3.05, 3.63) is 76.2 Å². The normalized spacial score (nSPS) is 10.9. The van der Waals surface area contributed by atoms with Gasteiger partial charge in [0, 0.05) is 17.8 Å². The van der Waals surface area contributed by atoms with Gasteiger partial charge in [-0.3, -0.25) is 14.9 Å². The number of hydrogen-bond acceptors (Lipinski definition) is 7. The first-order valence-corrected chi connectivity index (χ1v) is 10.3. The highest BCUT2D eigenvalue weighted by Gasteiger charge is 2.14. The highest BCUT2D eigenvalue weighted by atomic mass is 32.2. The van der Waals surface area contributed by atoms with Crippen molar-refractivity contribution in [3.63, 3.8) is 0 Å². The largest absolute Gasteiger partial charge is 0.325 e. The molecule has 0 spiro atoms. The smallest absolute Gasteiger partial charge is 0.269 e. The molecular formula is C21H18N6O3S. The summed E-state index contributed by atoms with van der Waals surface area (Å²) >= 11 is 1.28. The fraction of sp³-hybridized carbons (Fsp3) is 0.143. The summed E-state index contributed by atoms with van der Waals surface area (Å²) in [5, 5.41) is 19.3. The van der Waals surface area contributed by atoms with Crippen LogP contribution in [0.1, 0.15) is 11.1 Å². The molecule has 0 aliphatic rings. The third kappa shape index (κ3) is 4.38. The number of non-ortho nitro benzene ring substituents is 1. The van der Waals surface area contributed by atoms with E-state index in [9.17, 15) is 14.9 Å². The third-order valence-corrected chi connectivity index (χ3v) is 5.62. The number of nitrogens with one attached hydrogen (secondary N) is 1. The fourth-order valence-electron chi connectivity index (χ4n) is 3.15. The lowest BCUT2D eigenvalue weighted by Gasteiger charge is -2.08. The molecule has 0 radical (unpaired) electrons. The van der Waals surface area contributed by atoms with Crippen molar-refractivity contribution >= 4 is 40.1 Å². The van der Waals surface area contributed by atoms with Crippen LogP contribution >= 0.6 is 11.8 Å². The molecule has 4 rings (SSSR count). The monoisotopic (exact) mass is 434 g/mol. The highest BCUT2D eigenvalue weighted by Crippen LogP contribution is 2.27. The number of aryl methyl sites for hydroxylation is 2. The van der Waals surface area contributed by atoms with Gasteiger partial charge < -0.3 is 5.32 Å². The Morgan fingerprint density at radius 1 is 1.16 bits per heavy atom. The maximum absolute atomic E-state index is 12.3. The van der Waals surface area contributed by atoms with Crippen molar-refractivity contribution in [1.29, 1.82) is 0 Å². The number of carbonyl (C=O) groups excluding carboxylic acids is 1. The van der Waals surface area contributed by atoms with Crippen LogP contribution in [0.4, 0.5) is 11.4 Å². The van der Waals surface area contributed by atoms with E-state index in [1.54, 1.807) is 10.9 Å². The van der Waals surface area contributed by atoms with E-state index in [2.05, 4.69) is 26.4 Å². The van der Waals surface area contributed by atoms with E-state index >= 15 is 0 Å². The summed E-state index contributed by atoms with van der Waals surface area (Å²) in [7, 11) is 0. The summed E-state index contributed by atoms with van der Waals surface area (Å²) in [6.45, 7) is 4.06. The summed E-state index contributed by atoms with van der Waals surface area (Å²) < 4.78 is 1.77. The highest BCUT2D eigenvalue weighted by molar-refractivity contribution is 8.00. The zero-order valence-electron chi connectivity index (χ0n) is 16.8. The van der Waals surface area contributed by atoms with Crippen LogP contribution in [-0.4, -0.2) is 36.3 Å². The molecule has 0 unspecified atom stereocenters. The lowest BCUT2D eigenvalue weighted by atomic mass is 10.1. The summed E-state index contributed by atoms with van der Waals surface area (Å²) in [5.41, 5.74) is 4.32. The van der Waals surface area contributed by atoms with E-state index in [0.29, 0.717) is 16.4 Å². The number of fused-ring (bicyclic) bond motifs is 1. The van der Waals surface area contributed by atoms with Crippen LogP contribution < -0.4 is 5.32 Å². The molecule has 2 heterocycles. The number of nitro groups is 1. The second-order valence-corrected chi connectivity index (χ2v) is 7.87. The molecule has 156 valence electrons. The topological polar surface area (TPSA) is 116 Å². The number of rotatable bonds is 6. The predicted molar refractivity (Wildman–Crippen MR) is 119 cm³/mol. The maximum atomic E-state index is 12.3. The molecule has 0 fully saturated rings. The molecule has 0 saturated heterocycles. The number of anilines is 1. The summed E-state index contributed by atoms with van der Waals surface area (Å²) in [4.78, 5) is 31.2. The van der Waals surface area contributed by atoms with Crippen LogP contribution in [0.3, 0.4) is 0 Å². The quantitative estimate of drug-likeness (QED) is 0.210. The Hall–Kier alpha value is -3.79. The zero-order valence-corrected chi connectivity index (χ0v) is 17.6. The third-order valence-electron chi connectivity index (χ3n) is 4.61. The molecule has 0 aliphatic heterocycles. The van der Waals surface area contributed by atoms with Gasteiger partial charge in [0.15, 0.2) is 5.65 Å². The molecule has 1 amide bonds. The molecular weight excluding hydrogens is 416 g/mol. The zero-order chi connectivity index (χ0) is 22.0. The van der Waals surface area contributed by atoms with Gasteiger partial charge in [0.05, 0.1) is 27.9 Å². The molecule has 2 aromatic carbocycles. The second-order valence-electron chi connectivity index (χ2n) is 6.90. The van der Waals surface area contributed by atoms with Gasteiger partial charge >= 0.3 is 0 Å². The Balaban J connectivity index is 1.49. The Bertz CT molecular complexity index is 1290. The van der Waals surface area contributed by atoms with Crippen molar-refractivity contribution in [3.8, 4) is 5.69 Å². The number of amides is 1. The summed E-state index contributed by atoms with van der Waals surface area (Å²) in [6, 6.07) is 11.8. The van der Waals surface area contributed by atoms with Crippen molar-refractivity contribution in [2.75, 3.05) is 11.1 Å². The maximum Gasteiger partial charge on any atom is 0.269 e. The molecule has 1 N–H and O–H groups in total. The van der Waals surface area contributed by atoms with E-state index in [0.717, 1.165) is 16.6 Å². The molecule has 0 bridgehead atoms. The minimum atomic E-state index is -0.486. The van der Waals surface area contributed by atoms with Gasteiger partial charge in [0.2, 0.25) is 5.91 Å². The molecule has 2 aromatic heterocycles. The number of thioether (sulfide) groups is 1. The number of nitro benzene ring substituents is 1. The number of aromatic nitrogens is 4. The Morgan fingerprint density at radius 3 is 2.65 bits per heavy atom. The SMILES string of the molecule is Cc1ccc(-n2ncc3c(SCC(=O)Nc4ccc([N+](=O)[O-])cc4)ncnc32)c(C)c1. The van der Waals surface area contributed by atoms with Crippen molar-refractivity contribution < 1.29 is 9.72 Å². The van der Waals surface area contributed by atoms with Crippen LogP contribution in [-0.2, 0) is 4.79 Å².